The molecule has 0 aromatic heterocycles. The Labute approximate surface area is 197 Å². The topological polar surface area (TPSA) is 96.0 Å². The standard InChI is InChI=1S/C22H25ClFN3O5S/c1-15(2)25-21(28)14-32-22(29)16-3-8-19(23)20(13-16)33(30,31)27-11-9-26(10-12-27)18-6-4-17(24)5-7-18/h3-8,13,15H,9-12,14H2,1-2H3,(H,25,28). The molecule has 0 radical (unpaired) electrons. The number of nitrogens with zero attached hydrogens (tertiary/aromatic N) is 2. The number of hydrogen-bond donors (Lipinski definition) is 1. The average molecular weight is 498 g/mol. The molecule has 8 nitrogen and oxygen atoms in total. The number of piperazine rings is 1. The van der Waals surface area contributed by atoms with Gasteiger partial charge in [-0.1, -0.05) is 11.6 Å². The molecule has 2 aromatic rings. The van der Waals surface area contributed by atoms with E-state index in [4.69, 9.17) is 16.3 Å². The van der Waals surface area contributed by atoms with Crippen molar-refractivity contribution >= 4 is 39.2 Å². The van der Waals surface area contributed by atoms with E-state index in [9.17, 15) is 22.4 Å². The molecule has 1 aliphatic heterocycles. The third-order valence-corrected chi connectivity index (χ3v) is 7.38. The second-order valence-electron chi connectivity index (χ2n) is 7.81. The summed E-state index contributed by atoms with van der Waals surface area (Å²) in [5, 5.41) is 2.57. The lowest BCUT2D eigenvalue weighted by molar-refractivity contribution is -0.124. The molecule has 33 heavy (non-hydrogen) atoms. The van der Waals surface area contributed by atoms with Crippen LogP contribution in [0.4, 0.5) is 10.1 Å². The van der Waals surface area contributed by atoms with E-state index in [0.29, 0.717) is 13.1 Å². The van der Waals surface area contributed by atoms with Crippen molar-refractivity contribution in [3.8, 4) is 0 Å². The van der Waals surface area contributed by atoms with Gasteiger partial charge < -0.3 is 15.0 Å². The number of rotatable bonds is 7. The second kappa shape index (κ2) is 10.5. The highest BCUT2D eigenvalue weighted by Gasteiger charge is 2.31. The van der Waals surface area contributed by atoms with E-state index in [0.717, 1.165) is 11.8 Å². The Morgan fingerprint density at radius 3 is 2.33 bits per heavy atom. The molecule has 0 spiro atoms. The predicted molar refractivity (Wildman–Crippen MR) is 122 cm³/mol. The third kappa shape index (κ3) is 6.21. The number of carbonyl (C=O) groups excluding carboxylic acids is 2. The van der Waals surface area contributed by atoms with Gasteiger partial charge in [0.1, 0.15) is 10.7 Å². The number of nitrogens with one attached hydrogen (secondary N) is 1. The van der Waals surface area contributed by atoms with Crippen molar-refractivity contribution in [3.05, 3.63) is 58.9 Å². The van der Waals surface area contributed by atoms with Crippen molar-refractivity contribution in [2.24, 2.45) is 0 Å². The quantitative estimate of drug-likeness (QED) is 0.591. The van der Waals surface area contributed by atoms with E-state index in [1.165, 1.54) is 28.6 Å². The molecule has 178 valence electrons. The molecule has 3 rings (SSSR count). The van der Waals surface area contributed by atoms with Crippen LogP contribution in [-0.2, 0) is 19.6 Å². The monoisotopic (exact) mass is 497 g/mol. The maximum Gasteiger partial charge on any atom is 0.338 e. The summed E-state index contributed by atoms with van der Waals surface area (Å²) in [5.74, 6) is -1.63. The highest BCUT2D eigenvalue weighted by Crippen LogP contribution is 2.28. The molecule has 0 aliphatic carbocycles. The molecule has 2 aromatic carbocycles. The normalized spacial score (nSPS) is 14.9. The van der Waals surface area contributed by atoms with Crippen molar-refractivity contribution in [2.45, 2.75) is 24.8 Å². The SMILES string of the molecule is CC(C)NC(=O)COC(=O)c1ccc(Cl)c(S(=O)(=O)N2CCN(c3ccc(F)cc3)CC2)c1. The summed E-state index contributed by atoms with van der Waals surface area (Å²) in [5.41, 5.74) is 0.776. The molecule has 1 saturated heterocycles. The second-order valence-corrected chi connectivity index (χ2v) is 10.1. The van der Waals surface area contributed by atoms with Gasteiger partial charge in [0.05, 0.1) is 10.6 Å². The number of ether oxygens (including phenoxy) is 1. The molecule has 1 heterocycles. The zero-order chi connectivity index (χ0) is 24.2. The lowest BCUT2D eigenvalue weighted by Crippen LogP contribution is -2.48. The van der Waals surface area contributed by atoms with Crippen molar-refractivity contribution < 1.29 is 27.1 Å². The molecular weight excluding hydrogens is 473 g/mol. The molecule has 1 fully saturated rings. The van der Waals surface area contributed by atoms with Crippen LogP contribution in [0.1, 0.15) is 24.2 Å². The number of amides is 1. The van der Waals surface area contributed by atoms with E-state index in [-0.39, 0.29) is 40.4 Å². The van der Waals surface area contributed by atoms with Crippen molar-refractivity contribution in [2.75, 3.05) is 37.7 Å². The number of benzene rings is 2. The number of hydrogen-bond acceptors (Lipinski definition) is 6. The zero-order valence-electron chi connectivity index (χ0n) is 18.3. The molecular formula is C22H25ClFN3O5S. The summed E-state index contributed by atoms with van der Waals surface area (Å²) >= 11 is 6.16. The van der Waals surface area contributed by atoms with Gasteiger partial charge in [0, 0.05) is 37.9 Å². The van der Waals surface area contributed by atoms with Gasteiger partial charge in [0.25, 0.3) is 5.91 Å². The summed E-state index contributed by atoms with van der Waals surface area (Å²) in [6.07, 6.45) is 0. The first-order chi connectivity index (χ1) is 15.6. The summed E-state index contributed by atoms with van der Waals surface area (Å²) in [7, 11) is -3.98. The Morgan fingerprint density at radius 2 is 1.73 bits per heavy atom. The first-order valence-corrected chi connectivity index (χ1v) is 12.2. The lowest BCUT2D eigenvalue weighted by Gasteiger charge is -2.35. The number of halogens is 2. The van der Waals surface area contributed by atoms with Gasteiger partial charge in [0.15, 0.2) is 6.61 Å². The van der Waals surface area contributed by atoms with Gasteiger partial charge in [0.2, 0.25) is 10.0 Å². The van der Waals surface area contributed by atoms with Gasteiger partial charge >= 0.3 is 5.97 Å². The van der Waals surface area contributed by atoms with Crippen LogP contribution < -0.4 is 10.2 Å². The number of carbonyl (C=O) groups is 2. The summed E-state index contributed by atoms with van der Waals surface area (Å²) in [6, 6.07) is 9.72. The smallest absolute Gasteiger partial charge is 0.338 e. The van der Waals surface area contributed by atoms with E-state index in [1.54, 1.807) is 26.0 Å². The largest absolute Gasteiger partial charge is 0.452 e. The highest BCUT2D eigenvalue weighted by molar-refractivity contribution is 7.89. The summed E-state index contributed by atoms with van der Waals surface area (Å²) in [4.78, 5) is 25.8. The van der Waals surface area contributed by atoms with Gasteiger partial charge in [-0.05, 0) is 56.3 Å². The average Bonchev–Trinajstić information content (AvgIpc) is 2.78. The molecule has 1 amide bonds. The van der Waals surface area contributed by atoms with E-state index >= 15 is 0 Å². The fourth-order valence-corrected chi connectivity index (χ4v) is 5.31. The molecule has 11 heteroatoms. The van der Waals surface area contributed by atoms with Crippen LogP contribution in [0.2, 0.25) is 5.02 Å². The van der Waals surface area contributed by atoms with Crippen LogP contribution in [0.3, 0.4) is 0 Å². The highest BCUT2D eigenvalue weighted by atomic mass is 35.5. The Morgan fingerprint density at radius 1 is 1.09 bits per heavy atom. The Hall–Kier alpha value is -2.69. The molecule has 0 saturated carbocycles. The number of sulfonamides is 1. The van der Waals surface area contributed by atoms with Gasteiger partial charge in [-0.3, -0.25) is 4.79 Å². The van der Waals surface area contributed by atoms with Crippen molar-refractivity contribution in [1.82, 2.24) is 9.62 Å². The van der Waals surface area contributed by atoms with E-state index in [1.807, 2.05) is 4.90 Å². The maximum atomic E-state index is 13.2. The van der Waals surface area contributed by atoms with Crippen molar-refractivity contribution in [3.63, 3.8) is 0 Å². The lowest BCUT2D eigenvalue weighted by atomic mass is 10.2. The molecule has 0 bridgehead atoms. The molecule has 1 aliphatic rings. The van der Waals surface area contributed by atoms with E-state index < -0.39 is 28.5 Å². The van der Waals surface area contributed by atoms with Gasteiger partial charge in [-0.2, -0.15) is 4.31 Å². The Balaban J connectivity index is 1.69. The van der Waals surface area contributed by atoms with Crippen LogP contribution in [-0.4, -0.2) is 63.4 Å². The van der Waals surface area contributed by atoms with Crippen LogP contribution in [0.25, 0.3) is 0 Å². The van der Waals surface area contributed by atoms with Crippen LogP contribution >= 0.6 is 11.6 Å². The Bertz CT molecular complexity index is 1120. The fourth-order valence-electron chi connectivity index (χ4n) is 3.38. The molecule has 0 unspecified atom stereocenters. The summed E-state index contributed by atoms with van der Waals surface area (Å²) < 4.78 is 45.9. The number of anilines is 1. The van der Waals surface area contributed by atoms with Crippen LogP contribution in [0.15, 0.2) is 47.4 Å². The minimum Gasteiger partial charge on any atom is -0.452 e. The fraction of sp³-hybridized carbons (Fsp3) is 0.364. The summed E-state index contributed by atoms with van der Waals surface area (Å²) in [6.45, 7) is 4.28. The first kappa shape index (κ1) is 24.9. The Kier molecular flexibility index (Phi) is 7.93. The third-order valence-electron chi connectivity index (χ3n) is 5.00. The van der Waals surface area contributed by atoms with Crippen LogP contribution in [0, 0.1) is 5.82 Å². The molecule has 0 atom stereocenters. The predicted octanol–water partition coefficient (Wildman–Crippen LogP) is 2.67. The maximum absolute atomic E-state index is 13.2. The number of esters is 1. The van der Waals surface area contributed by atoms with Gasteiger partial charge in [-0.25, -0.2) is 17.6 Å². The van der Waals surface area contributed by atoms with Crippen LogP contribution in [0.5, 0.6) is 0 Å². The van der Waals surface area contributed by atoms with E-state index in [2.05, 4.69) is 5.32 Å². The molecule has 1 N–H and O–H groups in total. The minimum atomic E-state index is -3.98. The zero-order valence-corrected chi connectivity index (χ0v) is 19.8. The minimum absolute atomic E-state index is 0.0231. The first-order valence-electron chi connectivity index (χ1n) is 10.3. The van der Waals surface area contributed by atoms with Gasteiger partial charge in [-0.15, -0.1) is 0 Å². The van der Waals surface area contributed by atoms with Crippen molar-refractivity contribution in [1.29, 1.82) is 0 Å².